The van der Waals surface area contributed by atoms with Crippen molar-refractivity contribution in [3.8, 4) is 0 Å². The highest BCUT2D eigenvalue weighted by molar-refractivity contribution is 8.03. The van der Waals surface area contributed by atoms with Crippen LogP contribution in [0.1, 0.15) is 44.7 Å². The molecule has 3 aliphatic rings. The van der Waals surface area contributed by atoms with E-state index in [1.54, 1.807) is 6.92 Å². The highest BCUT2D eigenvalue weighted by atomic mass is 32.2. The number of aryl methyl sites for hydroxylation is 1. The number of hydrogen-bond acceptors (Lipinski definition) is 6. The fourth-order valence-corrected chi connectivity index (χ4v) is 6.83. The lowest BCUT2D eigenvalue weighted by Crippen LogP contribution is -2.63. The molecule has 34 heavy (non-hydrogen) atoms. The first-order valence-corrected chi connectivity index (χ1v) is 12.8. The number of amides is 2. The van der Waals surface area contributed by atoms with Gasteiger partial charge >= 0.3 is 5.97 Å². The summed E-state index contributed by atoms with van der Waals surface area (Å²) in [6.45, 7) is 6.68. The molecule has 4 rings (SSSR count). The molecule has 0 saturated carbocycles. The summed E-state index contributed by atoms with van der Waals surface area (Å²) < 4.78 is 0. The largest absolute Gasteiger partial charge is 0.477 e. The first-order chi connectivity index (χ1) is 16.2. The molecule has 2 fully saturated rings. The Bertz CT molecular complexity index is 1010. The average molecular weight is 488 g/mol. The molecule has 3 heterocycles. The van der Waals surface area contributed by atoms with Crippen molar-refractivity contribution < 1.29 is 24.6 Å². The van der Waals surface area contributed by atoms with Gasteiger partial charge in [-0.15, -0.1) is 11.8 Å². The van der Waals surface area contributed by atoms with Crippen LogP contribution in [0.5, 0.6) is 0 Å². The summed E-state index contributed by atoms with van der Waals surface area (Å²) in [7, 11) is 0. The molecule has 2 amide bonds. The highest BCUT2D eigenvalue weighted by Gasteiger charge is 2.60. The number of benzene rings is 1. The van der Waals surface area contributed by atoms with Crippen molar-refractivity contribution in [2.24, 2.45) is 11.8 Å². The fraction of sp³-hybridized carbons (Fsp3) is 0.560. The van der Waals surface area contributed by atoms with Crippen LogP contribution >= 0.6 is 11.8 Å². The number of aliphatic hydroxyl groups is 1. The van der Waals surface area contributed by atoms with E-state index < -0.39 is 18.0 Å². The molecular weight excluding hydrogens is 454 g/mol. The quantitative estimate of drug-likeness (QED) is 0.393. The molecule has 0 aromatic heterocycles. The molecule has 0 spiro atoms. The Hall–Kier alpha value is -2.36. The lowest BCUT2D eigenvalue weighted by molar-refractivity contribution is -0.163. The number of rotatable bonds is 9. The SMILES string of the molecule is CCCc1cccc(CNC(=O)C2CC(SC3=C(C(=O)O)N4C(=O)C(C(C)O)C4C3C)CN2)c1. The standard InChI is InChI=1S/C25H33N3O5S/c1-4-6-15-7-5-8-16(9-15)11-27-23(30)18-10-17(12-26-18)34-22-13(2)20-19(14(3)29)24(31)28(20)21(22)25(32)33/h5,7-9,13-14,17-20,26,29H,4,6,10-12H2,1-3H3,(H,27,30)(H,32,33). The number of hydrogen-bond donors (Lipinski definition) is 4. The summed E-state index contributed by atoms with van der Waals surface area (Å²) in [4.78, 5) is 39.3. The molecule has 184 valence electrons. The van der Waals surface area contributed by atoms with E-state index in [0.717, 1.165) is 18.4 Å². The minimum absolute atomic E-state index is 0.0224. The van der Waals surface area contributed by atoms with Gasteiger partial charge < -0.3 is 25.7 Å². The lowest BCUT2D eigenvalue weighted by Gasteiger charge is -2.46. The van der Waals surface area contributed by atoms with Crippen LogP contribution in [0.2, 0.25) is 0 Å². The molecule has 0 radical (unpaired) electrons. The number of thioether (sulfide) groups is 1. The number of aliphatic carboxylic acids is 1. The molecule has 6 unspecified atom stereocenters. The van der Waals surface area contributed by atoms with Gasteiger partial charge in [-0.25, -0.2) is 4.79 Å². The van der Waals surface area contributed by atoms with Crippen LogP contribution in [0.3, 0.4) is 0 Å². The van der Waals surface area contributed by atoms with E-state index in [-0.39, 0.29) is 40.8 Å². The fourth-order valence-electron chi connectivity index (χ4n) is 5.35. The molecular formula is C25H33N3O5S. The van der Waals surface area contributed by atoms with Gasteiger partial charge in [-0.05, 0) is 30.9 Å². The van der Waals surface area contributed by atoms with Gasteiger partial charge in [-0.2, -0.15) is 0 Å². The van der Waals surface area contributed by atoms with E-state index >= 15 is 0 Å². The normalized spacial score (nSPS) is 29.1. The van der Waals surface area contributed by atoms with Crippen molar-refractivity contribution in [3.05, 3.63) is 46.0 Å². The number of nitrogens with one attached hydrogen (secondary N) is 2. The Labute approximate surface area is 204 Å². The van der Waals surface area contributed by atoms with Crippen molar-refractivity contribution in [2.45, 2.75) is 70.0 Å². The zero-order chi connectivity index (χ0) is 24.6. The molecule has 0 aliphatic carbocycles. The molecule has 3 aliphatic heterocycles. The number of aliphatic hydroxyl groups excluding tert-OH is 1. The molecule has 1 aromatic rings. The monoisotopic (exact) mass is 487 g/mol. The van der Waals surface area contributed by atoms with Gasteiger partial charge in [0.1, 0.15) is 5.70 Å². The first kappa shape index (κ1) is 24.8. The van der Waals surface area contributed by atoms with E-state index in [1.165, 1.54) is 22.2 Å². The number of carbonyl (C=O) groups is 3. The van der Waals surface area contributed by atoms with Crippen LogP contribution in [-0.4, -0.2) is 62.9 Å². The van der Waals surface area contributed by atoms with Crippen molar-refractivity contribution in [1.82, 2.24) is 15.5 Å². The predicted molar refractivity (Wildman–Crippen MR) is 130 cm³/mol. The summed E-state index contributed by atoms with van der Waals surface area (Å²) in [5.74, 6) is -2.26. The van der Waals surface area contributed by atoms with Crippen molar-refractivity contribution in [1.29, 1.82) is 0 Å². The van der Waals surface area contributed by atoms with Gasteiger partial charge in [0.2, 0.25) is 11.8 Å². The Morgan fingerprint density at radius 3 is 2.74 bits per heavy atom. The predicted octanol–water partition coefficient (Wildman–Crippen LogP) is 1.87. The molecule has 4 N–H and O–H groups in total. The van der Waals surface area contributed by atoms with Crippen molar-refractivity contribution in [3.63, 3.8) is 0 Å². The Morgan fingerprint density at radius 1 is 1.32 bits per heavy atom. The third kappa shape index (κ3) is 4.61. The number of carbonyl (C=O) groups excluding carboxylic acids is 2. The third-order valence-electron chi connectivity index (χ3n) is 7.01. The maximum atomic E-state index is 12.8. The minimum atomic E-state index is -1.13. The molecule has 0 bridgehead atoms. The second kappa shape index (κ2) is 10.1. The van der Waals surface area contributed by atoms with Gasteiger partial charge in [0.15, 0.2) is 0 Å². The molecule has 1 aromatic carbocycles. The van der Waals surface area contributed by atoms with Gasteiger partial charge in [0, 0.05) is 29.2 Å². The summed E-state index contributed by atoms with van der Waals surface area (Å²) in [6.07, 6.45) is 1.85. The molecule has 9 heteroatoms. The summed E-state index contributed by atoms with van der Waals surface area (Å²) >= 11 is 1.45. The lowest BCUT2D eigenvalue weighted by atomic mass is 9.79. The second-order valence-corrected chi connectivity index (χ2v) is 10.8. The van der Waals surface area contributed by atoms with Crippen molar-refractivity contribution in [2.75, 3.05) is 6.54 Å². The minimum Gasteiger partial charge on any atom is -0.477 e. The zero-order valence-corrected chi connectivity index (χ0v) is 20.6. The van der Waals surface area contributed by atoms with E-state index in [1.807, 2.05) is 19.1 Å². The van der Waals surface area contributed by atoms with E-state index in [0.29, 0.717) is 24.4 Å². The van der Waals surface area contributed by atoms with Crippen molar-refractivity contribution >= 4 is 29.5 Å². The number of β-lactam (4-membered cyclic amide) rings is 1. The molecule has 8 nitrogen and oxygen atoms in total. The Morgan fingerprint density at radius 2 is 2.06 bits per heavy atom. The number of carboxylic acids is 1. The maximum absolute atomic E-state index is 12.8. The Balaban J connectivity index is 1.36. The topological polar surface area (TPSA) is 119 Å². The van der Waals surface area contributed by atoms with E-state index in [2.05, 4.69) is 29.7 Å². The summed E-state index contributed by atoms with van der Waals surface area (Å²) in [5, 5.41) is 26.1. The van der Waals surface area contributed by atoms with Crippen LogP contribution < -0.4 is 10.6 Å². The third-order valence-corrected chi connectivity index (χ3v) is 8.52. The Kier molecular flexibility index (Phi) is 7.35. The number of fused-ring (bicyclic) bond motifs is 1. The first-order valence-electron chi connectivity index (χ1n) is 12.0. The van der Waals surface area contributed by atoms with E-state index in [4.69, 9.17) is 0 Å². The van der Waals surface area contributed by atoms with Crippen LogP contribution in [0, 0.1) is 11.8 Å². The number of nitrogens with zero attached hydrogens (tertiary/aromatic N) is 1. The number of carboxylic acid groups (broad SMARTS) is 1. The van der Waals surface area contributed by atoms with Gasteiger partial charge in [-0.1, -0.05) is 44.5 Å². The highest BCUT2D eigenvalue weighted by Crippen LogP contribution is 2.51. The van der Waals surface area contributed by atoms with Crippen LogP contribution in [0.4, 0.5) is 0 Å². The van der Waals surface area contributed by atoms with Crippen LogP contribution in [-0.2, 0) is 27.3 Å². The molecule has 6 atom stereocenters. The second-order valence-electron chi connectivity index (χ2n) is 9.50. The zero-order valence-electron chi connectivity index (χ0n) is 19.8. The van der Waals surface area contributed by atoms with Crippen LogP contribution in [0.15, 0.2) is 34.9 Å². The molecule has 2 saturated heterocycles. The smallest absolute Gasteiger partial charge is 0.353 e. The summed E-state index contributed by atoms with van der Waals surface area (Å²) in [6, 6.07) is 7.58. The maximum Gasteiger partial charge on any atom is 0.353 e. The van der Waals surface area contributed by atoms with E-state index in [9.17, 15) is 24.6 Å². The van der Waals surface area contributed by atoms with Gasteiger partial charge in [-0.3, -0.25) is 9.59 Å². The summed E-state index contributed by atoms with van der Waals surface area (Å²) in [5.41, 5.74) is 2.37. The van der Waals surface area contributed by atoms with Crippen LogP contribution in [0.25, 0.3) is 0 Å². The average Bonchev–Trinajstić information content (AvgIpc) is 3.34. The van der Waals surface area contributed by atoms with Gasteiger partial charge in [0.05, 0.1) is 24.1 Å². The van der Waals surface area contributed by atoms with Gasteiger partial charge in [0.25, 0.3) is 0 Å².